The minimum Gasteiger partial charge on any atom is -0.348 e. The molecule has 0 aromatic heterocycles. The molecule has 138 valence electrons. The molecule has 0 aromatic carbocycles. The van der Waals surface area contributed by atoms with Crippen molar-refractivity contribution in [1.29, 1.82) is 0 Å². The lowest BCUT2D eigenvalue weighted by atomic mass is 10.0. The molecular formula is C18H34F3NO. The number of hydrogen-bond acceptors (Lipinski definition) is 1. The lowest BCUT2D eigenvalue weighted by Crippen LogP contribution is -2.37. The number of carbonyl (C=O) groups is 1. The van der Waals surface area contributed by atoms with Crippen LogP contribution in [-0.2, 0) is 4.79 Å². The van der Waals surface area contributed by atoms with E-state index in [9.17, 15) is 18.0 Å². The van der Waals surface area contributed by atoms with E-state index in [0.717, 1.165) is 19.3 Å². The van der Waals surface area contributed by atoms with Gasteiger partial charge in [-0.05, 0) is 6.42 Å². The van der Waals surface area contributed by atoms with Crippen LogP contribution in [0.2, 0.25) is 0 Å². The van der Waals surface area contributed by atoms with E-state index >= 15 is 0 Å². The highest BCUT2D eigenvalue weighted by Gasteiger charge is 2.38. The van der Waals surface area contributed by atoms with Gasteiger partial charge in [-0.15, -0.1) is 0 Å². The number of alkyl halides is 3. The second-order valence-electron chi connectivity index (χ2n) is 6.35. The molecule has 1 N–H and O–H groups in total. The van der Waals surface area contributed by atoms with E-state index < -0.39 is 12.1 Å². The summed E-state index contributed by atoms with van der Waals surface area (Å²) in [7, 11) is 0. The average Bonchev–Trinajstić information content (AvgIpc) is 2.50. The molecule has 1 amide bonds. The number of hydrogen-bond donors (Lipinski definition) is 1. The molecular weight excluding hydrogens is 303 g/mol. The Hall–Kier alpha value is -0.740. The summed E-state index contributed by atoms with van der Waals surface area (Å²) in [6.45, 7) is 2.36. The fraction of sp³-hybridized carbons (Fsp3) is 0.944. The Balaban J connectivity index is 3.12. The molecule has 0 aromatic rings. The lowest BCUT2D eigenvalue weighted by molar-refractivity contribution is -0.173. The first kappa shape index (κ1) is 22.3. The van der Waals surface area contributed by atoms with Crippen LogP contribution in [0.15, 0.2) is 0 Å². The van der Waals surface area contributed by atoms with Crippen molar-refractivity contribution in [2.75, 3.05) is 6.54 Å². The molecule has 0 fully saturated rings. The number of halogens is 3. The van der Waals surface area contributed by atoms with Crippen LogP contribution >= 0.6 is 0 Å². The summed E-state index contributed by atoms with van der Waals surface area (Å²) in [6, 6.07) is 0. The van der Waals surface area contributed by atoms with Gasteiger partial charge in [0, 0.05) is 6.54 Å². The molecule has 0 heterocycles. The van der Waals surface area contributed by atoms with Gasteiger partial charge in [0.05, 0.1) is 0 Å². The largest absolute Gasteiger partial charge is 0.471 e. The van der Waals surface area contributed by atoms with Crippen LogP contribution < -0.4 is 5.32 Å². The number of nitrogens with one attached hydrogen (secondary N) is 1. The molecule has 0 spiro atoms. The van der Waals surface area contributed by atoms with Crippen molar-refractivity contribution in [2.24, 2.45) is 0 Å². The summed E-state index contributed by atoms with van der Waals surface area (Å²) in [6.07, 6.45) is 12.2. The van der Waals surface area contributed by atoms with Gasteiger partial charge >= 0.3 is 12.1 Å². The number of rotatable bonds is 15. The Kier molecular flexibility index (Phi) is 14.4. The van der Waals surface area contributed by atoms with Crippen LogP contribution in [0.3, 0.4) is 0 Å². The van der Waals surface area contributed by atoms with E-state index in [4.69, 9.17) is 0 Å². The van der Waals surface area contributed by atoms with E-state index in [1.807, 2.05) is 5.32 Å². The first-order valence-electron chi connectivity index (χ1n) is 9.33. The van der Waals surface area contributed by atoms with E-state index in [1.165, 1.54) is 64.2 Å². The smallest absolute Gasteiger partial charge is 0.348 e. The Morgan fingerprint density at radius 1 is 0.696 bits per heavy atom. The van der Waals surface area contributed by atoms with Gasteiger partial charge < -0.3 is 5.32 Å². The molecule has 0 aliphatic rings. The quantitative estimate of drug-likeness (QED) is 0.357. The SMILES string of the molecule is CCCCCCCCCCCCCCCCNC(=O)C(F)(F)F. The molecule has 0 bridgehead atoms. The van der Waals surface area contributed by atoms with Crippen molar-refractivity contribution < 1.29 is 18.0 Å². The van der Waals surface area contributed by atoms with Gasteiger partial charge in [0.2, 0.25) is 0 Å². The molecule has 0 unspecified atom stereocenters. The van der Waals surface area contributed by atoms with Crippen LogP contribution in [-0.4, -0.2) is 18.6 Å². The number of amides is 1. The van der Waals surface area contributed by atoms with Crippen molar-refractivity contribution in [3.05, 3.63) is 0 Å². The third kappa shape index (κ3) is 15.9. The topological polar surface area (TPSA) is 29.1 Å². The van der Waals surface area contributed by atoms with Gasteiger partial charge in [0.1, 0.15) is 0 Å². The highest BCUT2D eigenvalue weighted by molar-refractivity contribution is 5.81. The maximum absolute atomic E-state index is 11.9. The van der Waals surface area contributed by atoms with Crippen LogP contribution in [0.4, 0.5) is 13.2 Å². The molecule has 5 heteroatoms. The summed E-state index contributed by atoms with van der Waals surface area (Å²) < 4.78 is 35.8. The van der Waals surface area contributed by atoms with E-state index in [-0.39, 0.29) is 6.54 Å². The zero-order valence-corrected chi connectivity index (χ0v) is 14.6. The number of unbranched alkanes of at least 4 members (excludes halogenated alkanes) is 13. The summed E-state index contributed by atoms with van der Waals surface area (Å²) in [5.74, 6) is -1.83. The Bertz CT molecular complexity index is 280. The van der Waals surface area contributed by atoms with Crippen molar-refractivity contribution in [3.8, 4) is 0 Å². The fourth-order valence-corrected chi connectivity index (χ4v) is 2.62. The van der Waals surface area contributed by atoms with E-state index in [1.54, 1.807) is 0 Å². The van der Waals surface area contributed by atoms with Gasteiger partial charge in [0.25, 0.3) is 0 Å². The van der Waals surface area contributed by atoms with Crippen LogP contribution in [0.1, 0.15) is 96.8 Å². The summed E-state index contributed by atoms with van der Waals surface area (Å²) in [4.78, 5) is 10.6. The monoisotopic (exact) mass is 337 g/mol. The third-order valence-corrected chi connectivity index (χ3v) is 4.07. The molecule has 0 radical (unpaired) electrons. The predicted molar refractivity (Wildman–Crippen MR) is 89.4 cm³/mol. The maximum Gasteiger partial charge on any atom is 0.471 e. The van der Waals surface area contributed by atoms with Gasteiger partial charge in [-0.1, -0.05) is 90.4 Å². The van der Waals surface area contributed by atoms with Gasteiger partial charge in [0.15, 0.2) is 0 Å². The van der Waals surface area contributed by atoms with Gasteiger partial charge in [-0.2, -0.15) is 13.2 Å². The standard InChI is InChI=1S/C18H34F3NO/c1-2-3-4-5-6-7-8-9-10-11-12-13-14-15-16-22-17(23)18(19,20)21/h2-16H2,1H3,(H,22,23). The lowest BCUT2D eigenvalue weighted by Gasteiger charge is -2.07. The minimum atomic E-state index is -4.75. The molecule has 0 aliphatic heterocycles. The second-order valence-corrected chi connectivity index (χ2v) is 6.35. The first-order valence-corrected chi connectivity index (χ1v) is 9.33. The van der Waals surface area contributed by atoms with Crippen molar-refractivity contribution in [3.63, 3.8) is 0 Å². The van der Waals surface area contributed by atoms with Crippen molar-refractivity contribution in [2.45, 2.75) is 103 Å². The first-order chi connectivity index (χ1) is 11.0. The minimum absolute atomic E-state index is 0.121. The fourth-order valence-electron chi connectivity index (χ4n) is 2.62. The third-order valence-electron chi connectivity index (χ3n) is 4.07. The van der Waals surface area contributed by atoms with Gasteiger partial charge in [-0.25, -0.2) is 0 Å². The zero-order chi connectivity index (χ0) is 17.4. The molecule has 0 aliphatic carbocycles. The maximum atomic E-state index is 11.9. The Morgan fingerprint density at radius 2 is 1.04 bits per heavy atom. The van der Waals surface area contributed by atoms with Crippen LogP contribution in [0.5, 0.6) is 0 Å². The molecule has 2 nitrogen and oxygen atoms in total. The summed E-state index contributed by atoms with van der Waals surface area (Å²) >= 11 is 0. The van der Waals surface area contributed by atoms with Crippen molar-refractivity contribution >= 4 is 5.91 Å². The van der Waals surface area contributed by atoms with Gasteiger partial charge in [-0.3, -0.25) is 4.79 Å². The van der Waals surface area contributed by atoms with Crippen LogP contribution in [0, 0.1) is 0 Å². The predicted octanol–water partition coefficient (Wildman–Crippen LogP) is 6.15. The van der Waals surface area contributed by atoms with E-state index in [2.05, 4.69) is 6.92 Å². The highest BCUT2D eigenvalue weighted by atomic mass is 19.4. The number of carbonyl (C=O) groups excluding carboxylic acids is 1. The Labute approximate surface area is 139 Å². The average molecular weight is 337 g/mol. The Morgan fingerprint density at radius 3 is 1.39 bits per heavy atom. The van der Waals surface area contributed by atoms with Crippen molar-refractivity contribution in [1.82, 2.24) is 5.32 Å². The highest BCUT2D eigenvalue weighted by Crippen LogP contribution is 2.14. The molecule has 0 saturated carbocycles. The molecule has 0 atom stereocenters. The van der Waals surface area contributed by atoms with E-state index in [0.29, 0.717) is 6.42 Å². The second kappa shape index (κ2) is 14.8. The molecule has 23 heavy (non-hydrogen) atoms. The summed E-state index contributed by atoms with van der Waals surface area (Å²) in [5.41, 5.74) is 0. The molecule has 0 rings (SSSR count). The zero-order valence-electron chi connectivity index (χ0n) is 14.6. The normalized spacial score (nSPS) is 11.7. The van der Waals surface area contributed by atoms with Crippen LogP contribution in [0.25, 0.3) is 0 Å². The molecule has 0 saturated heterocycles. The summed E-state index contributed by atoms with van der Waals surface area (Å²) in [5, 5.41) is 1.90.